The van der Waals surface area contributed by atoms with Gasteiger partial charge < -0.3 is 18.4 Å². The van der Waals surface area contributed by atoms with E-state index in [1.54, 1.807) is 38.1 Å². The van der Waals surface area contributed by atoms with Crippen molar-refractivity contribution in [3.63, 3.8) is 0 Å². The van der Waals surface area contributed by atoms with Crippen LogP contribution in [0.2, 0.25) is 0 Å². The number of benzene rings is 2. The third kappa shape index (κ3) is 5.24. The van der Waals surface area contributed by atoms with Crippen LogP contribution in [-0.2, 0) is 21.5 Å². The predicted octanol–water partition coefficient (Wildman–Crippen LogP) is 5.25. The van der Waals surface area contributed by atoms with E-state index in [9.17, 15) is 13.2 Å². The summed E-state index contributed by atoms with van der Waals surface area (Å²) in [5.74, 6) is 0.351. The lowest BCUT2D eigenvalue weighted by atomic mass is 10.0. The van der Waals surface area contributed by atoms with Gasteiger partial charge in [0, 0.05) is 11.1 Å². The average molecular weight is 461 g/mol. The van der Waals surface area contributed by atoms with Gasteiger partial charge in [0.2, 0.25) is 0 Å². The lowest BCUT2D eigenvalue weighted by Crippen LogP contribution is -2.16. The van der Waals surface area contributed by atoms with E-state index in [-0.39, 0.29) is 35.2 Å². The molecular formula is C24H28O7S. The molecule has 0 fully saturated rings. The smallest absolute Gasteiger partial charge is 0.346 e. The molecule has 2 aromatic rings. The van der Waals surface area contributed by atoms with Gasteiger partial charge in [-0.3, -0.25) is 0 Å². The molecule has 0 unspecified atom stereocenters. The van der Waals surface area contributed by atoms with Crippen molar-refractivity contribution in [2.24, 2.45) is 5.92 Å². The van der Waals surface area contributed by atoms with Crippen molar-refractivity contribution < 1.29 is 31.6 Å². The molecule has 2 aromatic carbocycles. The summed E-state index contributed by atoms with van der Waals surface area (Å²) in [6.07, 6.45) is 4.28. The van der Waals surface area contributed by atoms with E-state index in [2.05, 4.69) is 0 Å². The second-order valence-electron chi connectivity index (χ2n) is 7.94. The van der Waals surface area contributed by atoms with Crippen molar-refractivity contribution in [2.45, 2.75) is 40.7 Å². The summed E-state index contributed by atoms with van der Waals surface area (Å²) in [5.41, 5.74) is 2.09. The number of cyclic esters (lactones) is 1. The van der Waals surface area contributed by atoms with Gasteiger partial charge in [-0.15, -0.1) is 0 Å². The minimum Gasteiger partial charge on any atom is -0.495 e. The van der Waals surface area contributed by atoms with Crippen LogP contribution in [-0.4, -0.2) is 27.2 Å². The molecule has 0 aliphatic carbocycles. The summed E-state index contributed by atoms with van der Waals surface area (Å²) in [6, 6.07) is 6.77. The second-order valence-corrected chi connectivity index (χ2v) is 9.63. The number of ether oxygens (including phenoxy) is 3. The number of carbonyl (C=O) groups excluding carboxylic acids is 1. The standard InChI is InChI=1S/C24H28O7S/c1-6-11-32(26,27)31-20-13-16(4)12-18-14-29-24(25)21-19(30-22(18)20)10-9-17(23(21)28-5)8-7-15(2)3/h7-10,12-13,15H,6,11,14H2,1-5H3/b8-7-. The van der Waals surface area contributed by atoms with Gasteiger partial charge in [-0.05, 0) is 49.1 Å². The summed E-state index contributed by atoms with van der Waals surface area (Å²) >= 11 is 0. The van der Waals surface area contributed by atoms with Gasteiger partial charge in [-0.2, -0.15) is 8.42 Å². The third-order valence-corrected chi connectivity index (χ3v) is 6.08. The minimum atomic E-state index is -3.80. The van der Waals surface area contributed by atoms with Crippen LogP contribution in [0.15, 0.2) is 30.3 Å². The van der Waals surface area contributed by atoms with Crippen LogP contribution in [0, 0.1) is 12.8 Å². The van der Waals surface area contributed by atoms with Crippen LogP contribution < -0.4 is 13.7 Å². The van der Waals surface area contributed by atoms with Gasteiger partial charge in [-0.1, -0.05) is 32.9 Å². The molecule has 7 nitrogen and oxygen atoms in total. The van der Waals surface area contributed by atoms with E-state index in [1.807, 2.05) is 26.0 Å². The van der Waals surface area contributed by atoms with Gasteiger partial charge in [0.15, 0.2) is 11.5 Å². The van der Waals surface area contributed by atoms with E-state index in [1.165, 1.54) is 7.11 Å². The number of hydrogen-bond acceptors (Lipinski definition) is 7. The third-order valence-electron chi connectivity index (χ3n) is 4.74. The number of esters is 1. The van der Waals surface area contributed by atoms with E-state index < -0.39 is 16.1 Å². The van der Waals surface area contributed by atoms with E-state index in [0.717, 1.165) is 5.56 Å². The van der Waals surface area contributed by atoms with Gasteiger partial charge >= 0.3 is 16.1 Å². The molecule has 1 aliphatic heterocycles. The Bertz CT molecular complexity index is 1150. The van der Waals surface area contributed by atoms with Crippen LogP contribution in [0.4, 0.5) is 0 Å². The molecule has 0 aromatic heterocycles. The predicted molar refractivity (Wildman–Crippen MR) is 122 cm³/mol. The van der Waals surface area contributed by atoms with Crippen LogP contribution >= 0.6 is 0 Å². The van der Waals surface area contributed by atoms with Gasteiger partial charge in [0.25, 0.3) is 0 Å². The van der Waals surface area contributed by atoms with Crippen molar-refractivity contribution in [3.05, 3.63) is 52.6 Å². The zero-order valence-corrected chi connectivity index (χ0v) is 19.7. The van der Waals surface area contributed by atoms with Crippen LogP contribution in [0.1, 0.15) is 54.2 Å². The highest BCUT2D eigenvalue weighted by Crippen LogP contribution is 2.43. The number of rotatable bonds is 7. The summed E-state index contributed by atoms with van der Waals surface area (Å²) in [7, 11) is -2.33. The van der Waals surface area contributed by atoms with Crippen LogP contribution in [0.5, 0.6) is 23.0 Å². The summed E-state index contributed by atoms with van der Waals surface area (Å²) in [6.45, 7) is 7.53. The Kier molecular flexibility index (Phi) is 7.13. The summed E-state index contributed by atoms with van der Waals surface area (Å²) in [5, 5.41) is 0. The molecule has 3 rings (SSSR count). The molecule has 1 aliphatic rings. The first-order chi connectivity index (χ1) is 15.1. The molecule has 0 N–H and O–H groups in total. The molecule has 0 saturated heterocycles. The number of carbonyl (C=O) groups is 1. The van der Waals surface area contributed by atoms with E-state index in [4.69, 9.17) is 18.4 Å². The first-order valence-corrected chi connectivity index (χ1v) is 12.0. The fourth-order valence-corrected chi connectivity index (χ4v) is 4.34. The molecule has 0 spiro atoms. The zero-order valence-electron chi connectivity index (χ0n) is 18.9. The quantitative estimate of drug-likeness (QED) is 0.412. The van der Waals surface area contributed by atoms with E-state index >= 15 is 0 Å². The fraction of sp³-hybridized carbons (Fsp3) is 0.375. The number of fused-ring (bicyclic) bond motifs is 2. The molecule has 1 heterocycles. The maximum Gasteiger partial charge on any atom is 0.346 e. The molecule has 8 heteroatoms. The Morgan fingerprint density at radius 1 is 1.22 bits per heavy atom. The fourth-order valence-electron chi connectivity index (χ4n) is 3.36. The minimum absolute atomic E-state index is 0.0556. The van der Waals surface area contributed by atoms with Gasteiger partial charge in [0.1, 0.15) is 23.7 Å². The van der Waals surface area contributed by atoms with Crippen molar-refractivity contribution in [3.8, 4) is 23.0 Å². The monoisotopic (exact) mass is 460 g/mol. The highest BCUT2D eigenvalue weighted by Gasteiger charge is 2.29. The maximum atomic E-state index is 12.9. The number of hydrogen-bond donors (Lipinski definition) is 0. The first-order valence-electron chi connectivity index (χ1n) is 10.4. The average Bonchev–Trinajstić information content (AvgIpc) is 2.70. The largest absolute Gasteiger partial charge is 0.495 e. The first kappa shape index (κ1) is 23.7. The normalized spacial score (nSPS) is 13.6. The van der Waals surface area contributed by atoms with Gasteiger partial charge in [-0.25, -0.2) is 4.79 Å². The molecule has 0 saturated carbocycles. The topological polar surface area (TPSA) is 88.1 Å². The Morgan fingerprint density at radius 3 is 2.62 bits per heavy atom. The molecule has 0 bridgehead atoms. The maximum absolute atomic E-state index is 12.9. The summed E-state index contributed by atoms with van der Waals surface area (Å²) < 4.78 is 47.2. The number of aryl methyl sites for hydroxylation is 1. The molecule has 0 atom stereocenters. The Labute approximate surface area is 189 Å². The van der Waals surface area contributed by atoms with Crippen LogP contribution in [0.3, 0.4) is 0 Å². The highest BCUT2D eigenvalue weighted by molar-refractivity contribution is 7.87. The Balaban J connectivity index is 2.15. The van der Waals surface area contributed by atoms with E-state index in [0.29, 0.717) is 29.2 Å². The summed E-state index contributed by atoms with van der Waals surface area (Å²) in [4.78, 5) is 12.9. The molecule has 0 radical (unpaired) electrons. The van der Waals surface area contributed by atoms with Crippen molar-refractivity contribution in [1.29, 1.82) is 0 Å². The van der Waals surface area contributed by atoms with Crippen molar-refractivity contribution in [1.82, 2.24) is 0 Å². The van der Waals surface area contributed by atoms with Crippen LogP contribution in [0.25, 0.3) is 6.08 Å². The molecule has 172 valence electrons. The van der Waals surface area contributed by atoms with Gasteiger partial charge in [0.05, 0.1) is 12.9 Å². The zero-order chi connectivity index (χ0) is 23.5. The highest BCUT2D eigenvalue weighted by atomic mass is 32.2. The molecule has 32 heavy (non-hydrogen) atoms. The second kappa shape index (κ2) is 9.65. The SMILES string of the molecule is CCCS(=O)(=O)Oc1cc(C)cc2c1Oc1ccc(/C=C\C(C)C)c(OC)c1C(=O)OC2. The molecular weight excluding hydrogens is 432 g/mol. The van der Waals surface area contributed by atoms with Crippen molar-refractivity contribution >= 4 is 22.2 Å². The Morgan fingerprint density at radius 2 is 1.97 bits per heavy atom. The number of methoxy groups -OCH3 is 1. The van der Waals surface area contributed by atoms with Crippen molar-refractivity contribution in [2.75, 3.05) is 12.9 Å². The Hall–Kier alpha value is -3.00. The number of allylic oxidation sites excluding steroid dienone is 1. The lowest BCUT2D eigenvalue weighted by Gasteiger charge is -2.22. The molecule has 0 amide bonds. The lowest BCUT2D eigenvalue weighted by molar-refractivity contribution is 0.0455.